The minimum Gasteiger partial charge on any atom is -0.493 e. The summed E-state index contributed by atoms with van der Waals surface area (Å²) in [6.07, 6.45) is -0.191. The van der Waals surface area contributed by atoms with E-state index in [1.807, 2.05) is 47.8 Å². The van der Waals surface area contributed by atoms with Crippen molar-refractivity contribution in [3.05, 3.63) is 146 Å². The summed E-state index contributed by atoms with van der Waals surface area (Å²) in [5, 5.41) is 6.09. The van der Waals surface area contributed by atoms with Gasteiger partial charge in [-0.1, -0.05) is 5.11 Å². The highest BCUT2D eigenvalue weighted by molar-refractivity contribution is 7.82. The SMILES string of the molecule is COc1cc2c(cc1OCc1cc(COc3cc4c(cc3OC)C(=O)N3Cc5ccn(C)c5C[C@H]3C=N4)cc(OS(=O)(=O)Oc3cc(C(=O)NCCOCCOCCOCCOCCOCCOCCOCCOCCOCCOCCOCCN=[N+]=[N-])ccc3OC3O[C@H](COC(C)=O)[C@H](OC(C)=O)[C@H](OC(C)=O)[C@H]3OC(C)=O)c1)N=C[C@@H]1Cc3c(ccn3C)CN1C2=O. The van der Waals surface area contributed by atoms with Crippen molar-refractivity contribution in [1.82, 2.24) is 24.3 Å². The average Bonchev–Trinajstić information content (AvgIpc) is 1.74. The van der Waals surface area contributed by atoms with Crippen molar-refractivity contribution in [2.75, 3.05) is 179 Å². The Kier molecular flexibility index (Phi) is 38.5. The Balaban J connectivity index is 0.715. The number of rotatable bonds is 56. The number of hydrogen-bond donors (Lipinski definition) is 1. The standard InChI is InChI=1S/C87H110N10O32S/c1-56(98)120-55-80-81(123-57(2)99)82(124-58(3)100)83(125-59(4)101)87(127-80)126-74-10-9-62(84(102)89-13-17-109-19-21-111-23-25-113-27-29-115-31-33-117-35-37-119-38-36-118-34-32-116-30-28-114-26-24-112-22-20-110-18-14-92-93-88)42-79(74)129-130(105,106)128-67-40-60(53-121-77-47-70-68(45-75(77)107-7)85(103)96-51-63-11-15-94(5)72(63)43-65(96)49-90-70)39-61(41-67)54-122-78-48-71-69(46-76(78)108-8)86(104)97-52-64-12-16-95(6)73(64)44-66(97)50-91-71/h9-12,15-16,39-42,45-50,65-66,80-83,87H,13-14,17-38,43-44,51-55H2,1-8H3,(H,89,102)/t65-,66-,80+,81-,82-,83+,87?/m0/s1. The summed E-state index contributed by atoms with van der Waals surface area (Å²) in [6, 6.07) is 17.1. The summed E-state index contributed by atoms with van der Waals surface area (Å²) in [7, 11) is 1.27. The molecule has 0 spiro atoms. The van der Waals surface area contributed by atoms with Gasteiger partial charge >= 0.3 is 34.3 Å². The molecule has 43 heteroatoms. The van der Waals surface area contributed by atoms with Crippen LogP contribution in [0.4, 0.5) is 11.4 Å². The van der Waals surface area contributed by atoms with E-state index in [2.05, 4.69) is 15.3 Å². The molecule has 6 aromatic rings. The molecule has 0 saturated carbocycles. The Morgan fingerprint density at radius 3 is 1.36 bits per heavy atom. The Hall–Kier alpha value is -11.6. The number of azide groups is 1. The number of carbonyl (C=O) groups excluding carboxylic acids is 7. The molecular formula is C87H110N10O32S. The third-order valence-corrected chi connectivity index (χ3v) is 21.2. The number of fused-ring (bicyclic) bond motifs is 6. The maximum absolute atomic E-state index is 14.9. The maximum atomic E-state index is 14.9. The lowest BCUT2D eigenvalue weighted by Gasteiger charge is -2.43. The second-order valence-corrected chi connectivity index (χ2v) is 30.9. The largest absolute Gasteiger partial charge is 0.501 e. The molecule has 1 saturated heterocycles. The second kappa shape index (κ2) is 50.6. The quantitative estimate of drug-likeness (QED) is 0.0106. The number of nitrogens with one attached hydrogen (secondary N) is 1. The lowest BCUT2D eigenvalue weighted by molar-refractivity contribution is -0.288. The van der Waals surface area contributed by atoms with Gasteiger partial charge in [-0.2, -0.15) is 0 Å². The summed E-state index contributed by atoms with van der Waals surface area (Å²) >= 11 is 0. The predicted octanol–water partition coefficient (Wildman–Crippen LogP) is 6.49. The molecule has 1 fully saturated rings. The zero-order valence-corrected chi connectivity index (χ0v) is 74.5. The molecule has 0 aliphatic carbocycles. The fourth-order valence-corrected chi connectivity index (χ4v) is 15.1. The van der Waals surface area contributed by atoms with Crippen LogP contribution in [0.5, 0.6) is 40.2 Å². The van der Waals surface area contributed by atoms with Crippen LogP contribution in [0.2, 0.25) is 0 Å². The summed E-state index contributed by atoms with van der Waals surface area (Å²) in [4.78, 5) is 109. The number of aliphatic imine (C=N–C) groups is 2. The molecule has 0 radical (unpaired) electrons. The topological polar surface area (TPSA) is 468 Å². The average molecular weight is 1840 g/mol. The highest BCUT2D eigenvalue weighted by Gasteiger charge is 2.54. The van der Waals surface area contributed by atoms with E-state index in [0.717, 1.165) is 62.3 Å². The van der Waals surface area contributed by atoms with Crippen LogP contribution in [0.15, 0.2) is 100 Å². The van der Waals surface area contributed by atoms with E-state index < -0.39 is 94.7 Å². The number of hydrogen-bond acceptors (Lipinski definition) is 35. The van der Waals surface area contributed by atoms with Crippen LogP contribution in [0.1, 0.15) is 92.4 Å². The van der Waals surface area contributed by atoms with Gasteiger partial charge in [-0.15, -0.1) is 8.42 Å². The molecule has 0 bridgehead atoms. The molecule has 5 aliphatic rings. The number of benzene rings is 4. The summed E-state index contributed by atoms with van der Waals surface area (Å²) < 4.78 is 165. The third-order valence-electron chi connectivity index (χ3n) is 20.4. The van der Waals surface area contributed by atoms with Crippen LogP contribution in [0.3, 0.4) is 0 Å². The summed E-state index contributed by atoms with van der Waals surface area (Å²) in [6.45, 7) is 11.4. The fourth-order valence-electron chi connectivity index (χ4n) is 14.4. The van der Waals surface area contributed by atoms with Crippen molar-refractivity contribution in [1.29, 1.82) is 0 Å². The minimum atomic E-state index is -5.45. The zero-order chi connectivity index (χ0) is 92.3. The molecule has 7 atom stereocenters. The number of aryl methyl sites for hydroxylation is 2. The molecule has 4 aromatic carbocycles. The summed E-state index contributed by atoms with van der Waals surface area (Å²) in [5.41, 5.74) is 13.9. The molecule has 1 N–H and O–H groups in total. The number of ether oxygens (including phenoxy) is 21. The number of carbonyl (C=O) groups is 7. The second-order valence-electron chi connectivity index (χ2n) is 29.7. The highest BCUT2D eigenvalue weighted by Crippen LogP contribution is 2.43. The molecule has 706 valence electrons. The number of aromatic nitrogens is 2. The normalized spacial score (nSPS) is 17.7. The van der Waals surface area contributed by atoms with E-state index in [-0.39, 0.29) is 134 Å². The van der Waals surface area contributed by atoms with Gasteiger partial charge in [0.05, 0.1) is 194 Å². The predicted molar refractivity (Wildman–Crippen MR) is 458 cm³/mol. The molecule has 1 unspecified atom stereocenters. The van der Waals surface area contributed by atoms with E-state index in [4.69, 9.17) is 123 Å². The molecule has 5 aliphatic heterocycles. The zero-order valence-electron chi connectivity index (χ0n) is 73.7. The lowest BCUT2D eigenvalue weighted by Crippen LogP contribution is -2.63. The summed E-state index contributed by atoms with van der Waals surface area (Å²) in [5.74, 6) is -5.99. The fraction of sp³-hybridized carbons (Fsp3) is 0.529. The van der Waals surface area contributed by atoms with Gasteiger partial charge in [-0.25, -0.2) is 0 Å². The number of nitrogens with zero attached hydrogens (tertiary/aromatic N) is 9. The third kappa shape index (κ3) is 29.5. The van der Waals surface area contributed by atoms with E-state index in [0.29, 0.717) is 150 Å². The van der Waals surface area contributed by atoms with Crippen LogP contribution < -0.4 is 37.4 Å². The van der Waals surface area contributed by atoms with E-state index in [1.165, 1.54) is 32.4 Å². The Morgan fingerprint density at radius 2 is 0.931 bits per heavy atom. The van der Waals surface area contributed by atoms with Crippen molar-refractivity contribution in [2.45, 2.75) is 110 Å². The van der Waals surface area contributed by atoms with Gasteiger partial charge in [-0.05, 0) is 88.4 Å². The van der Waals surface area contributed by atoms with Gasteiger partial charge in [0.1, 0.15) is 31.7 Å². The number of methoxy groups -OCH3 is 2. The van der Waals surface area contributed by atoms with Gasteiger partial charge in [0.2, 0.25) is 12.4 Å². The first-order chi connectivity index (χ1) is 63.0. The lowest BCUT2D eigenvalue weighted by atomic mass is 9.98. The van der Waals surface area contributed by atoms with E-state index in [9.17, 15) is 42.0 Å². The molecular weight excluding hydrogens is 1730 g/mol. The Bertz CT molecular complexity index is 4870. The van der Waals surface area contributed by atoms with Gasteiger partial charge < -0.3 is 132 Å². The van der Waals surface area contributed by atoms with Crippen molar-refractivity contribution >= 4 is 75.8 Å². The van der Waals surface area contributed by atoms with Crippen molar-refractivity contribution in [2.24, 2.45) is 29.2 Å². The van der Waals surface area contributed by atoms with Gasteiger partial charge in [0.25, 0.3) is 17.7 Å². The van der Waals surface area contributed by atoms with Gasteiger partial charge in [0.15, 0.2) is 46.7 Å². The molecule has 3 amide bonds. The first-order valence-electron chi connectivity index (χ1n) is 42.1. The van der Waals surface area contributed by atoms with Crippen LogP contribution >= 0.6 is 0 Å². The first kappa shape index (κ1) is 99.0. The highest BCUT2D eigenvalue weighted by atomic mass is 32.3. The van der Waals surface area contributed by atoms with Crippen LogP contribution in [0.25, 0.3) is 10.4 Å². The van der Waals surface area contributed by atoms with E-state index in [1.54, 1.807) is 52.6 Å². The van der Waals surface area contributed by atoms with Crippen molar-refractivity contribution in [3.63, 3.8) is 0 Å². The molecule has 7 heterocycles. The van der Waals surface area contributed by atoms with E-state index >= 15 is 0 Å². The van der Waals surface area contributed by atoms with Crippen LogP contribution in [-0.4, -0.2) is 303 Å². The Labute approximate surface area is 750 Å². The van der Waals surface area contributed by atoms with Crippen molar-refractivity contribution < 1.29 is 150 Å². The first-order valence-corrected chi connectivity index (χ1v) is 43.5. The molecule has 130 heavy (non-hydrogen) atoms. The number of amides is 3. The number of esters is 4. The van der Waals surface area contributed by atoms with Gasteiger partial charge in [-0.3, -0.25) is 43.5 Å². The maximum Gasteiger partial charge on any atom is 0.501 e. The van der Waals surface area contributed by atoms with Crippen molar-refractivity contribution in [3.8, 4) is 40.2 Å². The Morgan fingerprint density at radius 1 is 0.500 bits per heavy atom. The van der Waals surface area contributed by atoms with Crippen LogP contribution in [-0.2, 0) is 159 Å². The smallest absolute Gasteiger partial charge is 0.493 e. The molecule has 11 rings (SSSR count). The molecule has 2 aromatic heterocycles. The van der Waals surface area contributed by atoms with Gasteiger partial charge in [0, 0.05) is 140 Å². The minimum absolute atomic E-state index is 0.00408. The van der Waals surface area contributed by atoms with Crippen LogP contribution in [0, 0.1) is 0 Å². The monoisotopic (exact) mass is 1840 g/mol. The molecule has 42 nitrogen and oxygen atoms in total.